The molecule has 0 radical (unpaired) electrons. The van der Waals surface area contributed by atoms with Crippen molar-refractivity contribution in [3.63, 3.8) is 0 Å². The number of pyridine rings is 1. The Kier molecular flexibility index (Phi) is 4.33. The van der Waals surface area contributed by atoms with Crippen LogP contribution in [0.15, 0.2) is 30.3 Å². The Labute approximate surface area is 128 Å². The zero-order valence-corrected chi connectivity index (χ0v) is 12.8. The third-order valence-corrected chi connectivity index (χ3v) is 3.40. The number of halogens is 1. The van der Waals surface area contributed by atoms with Gasteiger partial charge in [0.05, 0.1) is 7.11 Å². The molecule has 0 aliphatic rings. The first-order valence-electron chi connectivity index (χ1n) is 6.26. The average molecular weight is 306 g/mol. The fourth-order valence-electron chi connectivity index (χ4n) is 1.98. The Balaban J connectivity index is 2.65. The van der Waals surface area contributed by atoms with Crippen molar-refractivity contribution in [3.05, 3.63) is 41.0 Å². The molecule has 110 valence electrons. The first-order valence-corrected chi connectivity index (χ1v) is 6.64. The molecule has 0 saturated heterocycles. The van der Waals surface area contributed by atoms with Gasteiger partial charge < -0.3 is 15.4 Å². The molecule has 1 amide bonds. The number of anilines is 1. The van der Waals surface area contributed by atoms with E-state index in [0.29, 0.717) is 22.6 Å². The lowest BCUT2D eigenvalue weighted by molar-refractivity contribution is 0.100. The van der Waals surface area contributed by atoms with Gasteiger partial charge in [-0.3, -0.25) is 4.79 Å². The Hall–Kier alpha value is -2.27. The van der Waals surface area contributed by atoms with E-state index in [2.05, 4.69) is 4.98 Å². The maximum atomic E-state index is 11.6. The van der Waals surface area contributed by atoms with E-state index < -0.39 is 5.91 Å². The van der Waals surface area contributed by atoms with Crippen LogP contribution in [0.1, 0.15) is 10.4 Å². The molecular formula is C15H16ClN3O2. The molecule has 6 heteroatoms. The molecule has 1 aromatic heterocycles. The number of hydrogen-bond donors (Lipinski definition) is 1. The van der Waals surface area contributed by atoms with E-state index in [-0.39, 0.29) is 5.15 Å². The number of ether oxygens (including phenoxy) is 1. The van der Waals surface area contributed by atoms with Crippen LogP contribution in [0.2, 0.25) is 5.15 Å². The summed E-state index contributed by atoms with van der Waals surface area (Å²) in [6, 6.07) is 8.82. The standard InChI is InChI=1S/C15H16ClN3O2/c1-19(2)9-4-5-11(15(17)20)12(8-9)10-6-7-13(21-3)18-14(10)16/h4-8H,1-3H3,(H2,17,20). The Bertz CT molecular complexity index is 687. The summed E-state index contributed by atoms with van der Waals surface area (Å²) >= 11 is 6.19. The average Bonchev–Trinajstić information content (AvgIpc) is 2.46. The molecule has 2 rings (SSSR count). The maximum absolute atomic E-state index is 11.6. The van der Waals surface area contributed by atoms with E-state index in [1.165, 1.54) is 7.11 Å². The number of methoxy groups -OCH3 is 1. The summed E-state index contributed by atoms with van der Waals surface area (Å²) in [4.78, 5) is 17.7. The number of hydrogen-bond acceptors (Lipinski definition) is 4. The van der Waals surface area contributed by atoms with Gasteiger partial charge in [-0.25, -0.2) is 4.98 Å². The minimum Gasteiger partial charge on any atom is -0.481 e. The fraction of sp³-hybridized carbons (Fsp3) is 0.200. The largest absolute Gasteiger partial charge is 0.481 e. The number of primary amides is 1. The molecule has 0 aliphatic carbocycles. The third kappa shape index (κ3) is 3.08. The second-order valence-electron chi connectivity index (χ2n) is 4.68. The number of benzene rings is 1. The number of amides is 1. The van der Waals surface area contributed by atoms with Gasteiger partial charge in [-0.2, -0.15) is 0 Å². The van der Waals surface area contributed by atoms with Gasteiger partial charge >= 0.3 is 0 Å². The van der Waals surface area contributed by atoms with Crippen LogP contribution in [0.4, 0.5) is 5.69 Å². The molecule has 1 heterocycles. The number of aromatic nitrogens is 1. The zero-order valence-electron chi connectivity index (χ0n) is 12.1. The Morgan fingerprint density at radius 1 is 1.24 bits per heavy atom. The first kappa shape index (κ1) is 15.1. The van der Waals surface area contributed by atoms with Crippen molar-refractivity contribution in [1.82, 2.24) is 4.98 Å². The molecule has 0 bridgehead atoms. The smallest absolute Gasteiger partial charge is 0.249 e. The molecule has 2 aromatic rings. The summed E-state index contributed by atoms with van der Waals surface area (Å²) in [6.45, 7) is 0. The van der Waals surface area contributed by atoms with Gasteiger partial charge in [-0.05, 0) is 29.8 Å². The number of nitrogens with zero attached hydrogens (tertiary/aromatic N) is 2. The van der Waals surface area contributed by atoms with Crippen molar-refractivity contribution in [2.45, 2.75) is 0 Å². The third-order valence-electron chi connectivity index (χ3n) is 3.11. The van der Waals surface area contributed by atoms with Crippen molar-refractivity contribution >= 4 is 23.2 Å². The van der Waals surface area contributed by atoms with Crippen LogP contribution in [0, 0.1) is 0 Å². The highest BCUT2D eigenvalue weighted by atomic mass is 35.5. The maximum Gasteiger partial charge on any atom is 0.249 e. The second-order valence-corrected chi connectivity index (χ2v) is 5.04. The van der Waals surface area contributed by atoms with Crippen LogP contribution in [0.25, 0.3) is 11.1 Å². The monoisotopic (exact) mass is 305 g/mol. The summed E-state index contributed by atoms with van der Waals surface area (Å²) in [5.41, 5.74) is 8.05. The van der Waals surface area contributed by atoms with Crippen LogP contribution in [-0.4, -0.2) is 32.1 Å². The predicted molar refractivity (Wildman–Crippen MR) is 84.1 cm³/mol. The SMILES string of the molecule is COc1ccc(-c2cc(N(C)C)ccc2C(N)=O)c(Cl)n1. The van der Waals surface area contributed by atoms with Gasteiger partial charge in [0.2, 0.25) is 11.8 Å². The minimum atomic E-state index is -0.512. The topological polar surface area (TPSA) is 68.5 Å². The number of rotatable bonds is 4. The van der Waals surface area contributed by atoms with Gasteiger partial charge in [0.25, 0.3) is 0 Å². The number of nitrogens with two attached hydrogens (primary N) is 1. The number of carbonyl (C=O) groups excluding carboxylic acids is 1. The van der Waals surface area contributed by atoms with Crippen LogP contribution in [-0.2, 0) is 0 Å². The summed E-state index contributed by atoms with van der Waals surface area (Å²) in [5, 5.41) is 0.257. The molecule has 0 atom stereocenters. The molecule has 1 aromatic carbocycles. The molecule has 21 heavy (non-hydrogen) atoms. The summed E-state index contributed by atoms with van der Waals surface area (Å²) in [5.74, 6) is -0.102. The van der Waals surface area contributed by atoms with E-state index in [1.807, 2.05) is 31.1 Å². The van der Waals surface area contributed by atoms with Gasteiger partial charge in [0.15, 0.2) is 0 Å². The molecular weight excluding hydrogens is 290 g/mol. The van der Waals surface area contributed by atoms with Gasteiger partial charge in [-0.15, -0.1) is 0 Å². The predicted octanol–water partition coefficient (Wildman–Crippen LogP) is 2.58. The van der Waals surface area contributed by atoms with Gasteiger partial charge in [0.1, 0.15) is 5.15 Å². The fourth-order valence-corrected chi connectivity index (χ4v) is 2.23. The lowest BCUT2D eigenvalue weighted by Crippen LogP contribution is -2.14. The highest BCUT2D eigenvalue weighted by molar-refractivity contribution is 6.32. The first-order chi connectivity index (χ1) is 9.93. The molecule has 0 aliphatic heterocycles. The van der Waals surface area contributed by atoms with Gasteiger partial charge in [0, 0.05) is 37.0 Å². The molecule has 0 saturated carbocycles. The van der Waals surface area contributed by atoms with Crippen molar-refractivity contribution in [2.75, 3.05) is 26.1 Å². The van der Waals surface area contributed by atoms with E-state index >= 15 is 0 Å². The van der Waals surface area contributed by atoms with E-state index in [0.717, 1.165) is 5.69 Å². The molecule has 5 nitrogen and oxygen atoms in total. The minimum absolute atomic E-state index is 0.257. The van der Waals surface area contributed by atoms with Gasteiger partial charge in [-0.1, -0.05) is 11.6 Å². The lowest BCUT2D eigenvalue weighted by atomic mass is 9.99. The summed E-state index contributed by atoms with van der Waals surface area (Å²) in [7, 11) is 5.34. The lowest BCUT2D eigenvalue weighted by Gasteiger charge is -2.16. The highest BCUT2D eigenvalue weighted by Crippen LogP contribution is 2.33. The Morgan fingerprint density at radius 3 is 2.48 bits per heavy atom. The van der Waals surface area contributed by atoms with Crippen LogP contribution in [0.5, 0.6) is 5.88 Å². The van der Waals surface area contributed by atoms with Crippen molar-refractivity contribution in [2.24, 2.45) is 5.73 Å². The van der Waals surface area contributed by atoms with E-state index in [9.17, 15) is 4.79 Å². The molecule has 2 N–H and O–H groups in total. The molecule has 0 spiro atoms. The van der Waals surface area contributed by atoms with Crippen molar-refractivity contribution in [1.29, 1.82) is 0 Å². The van der Waals surface area contributed by atoms with Crippen LogP contribution >= 0.6 is 11.6 Å². The van der Waals surface area contributed by atoms with E-state index in [4.69, 9.17) is 22.1 Å². The van der Waals surface area contributed by atoms with E-state index in [1.54, 1.807) is 18.2 Å². The second kappa shape index (κ2) is 6.01. The Morgan fingerprint density at radius 2 is 1.95 bits per heavy atom. The van der Waals surface area contributed by atoms with Crippen LogP contribution < -0.4 is 15.4 Å². The van der Waals surface area contributed by atoms with Crippen molar-refractivity contribution < 1.29 is 9.53 Å². The molecule has 0 unspecified atom stereocenters. The highest BCUT2D eigenvalue weighted by Gasteiger charge is 2.15. The summed E-state index contributed by atoms with van der Waals surface area (Å²) in [6.07, 6.45) is 0. The molecule has 0 fully saturated rings. The van der Waals surface area contributed by atoms with Crippen LogP contribution in [0.3, 0.4) is 0 Å². The number of carbonyl (C=O) groups is 1. The quantitative estimate of drug-likeness (QED) is 0.882. The normalized spacial score (nSPS) is 10.3. The summed E-state index contributed by atoms with van der Waals surface area (Å²) < 4.78 is 5.03. The zero-order chi connectivity index (χ0) is 15.6. The van der Waals surface area contributed by atoms with Crippen molar-refractivity contribution in [3.8, 4) is 17.0 Å².